The fourth-order valence-electron chi connectivity index (χ4n) is 11.0. The van der Waals surface area contributed by atoms with Gasteiger partial charge in [0.2, 0.25) is 35.4 Å². The van der Waals surface area contributed by atoms with Crippen molar-refractivity contribution in [2.45, 2.75) is 113 Å². The zero-order chi connectivity index (χ0) is 59.2. The molecule has 0 bridgehead atoms. The van der Waals surface area contributed by atoms with E-state index in [1.807, 2.05) is 60.7 Å². The maximum absolute atomic E-state index is 15.0. The molecule has 22 nitrogen and oxygen atoms in total. The van der Waals surface area contributed by atoms with Crippen LogP contribution in [-0.2, 0) is 45.5 Å². The standard InChI is InChI=1S/C58H61F2N10O12P/c59-58(60,83(80,81)82)38-19-21-42-37(30-38)31-44(63-42)52(74)65-45-33-68(57(79)62-28-10-2-1-5-12-34-17-11-18-40-41(34)32-69(55(40)77)46-24-26-49(72)66-53(46)75)29-27-39-20-23-47(70(39)56(45)78)54(76)64-43(22-25-48(61)71)51(73)67-50(35-13-6-3-7-14-35)36-15-8-4-9-16-36/h3-4,6-9,11,13-19,21,30-31,39,43,45-47,50,63H,1-2,10,20,22-29,32-33H2,(H2,61,71)(H,62,79)(H,64,76)(H,65,74)(H,67,73)(H,66,72,75)(H2,80,81,82)/t39-,43?,45+,46?,47+/m1/s1. The van der Waals surface area contributed by atoms with E-state index >= 15 is 4.79 Å². The number of nitrogens with one attached hydrogen (secondary N) is 6. The number of H-pyrrole nitrogens is 1. The summed E-state index contributed by atoms with van der Waals surface area (Å²) in [5.74, 6) is 1.30. The van der Waals surface area contributed by atoms with Gasteiger partial charge < -0.3 is 56.5 Å². The summed E-state index contributed by atoms with van der Waals surface area (Å²) >= 11 is 0. The van der Waals surface area contributed by atoms with Gasteiger partial charge in [-0.15, -0.1) is 0 Å². The minimum Gasteiger partial charge on any atom is -0.370 e. The highest BCUT2D eigenvalue weighted by molar-refractivity contribution is 7.52. The SMILES string of the molecule is NC(=O)CCC(NC(=O)[C@@H]1CC[C@@H]2CCN(C(=O)NCCCCC#Cc3cccc4c3CN(C3CCC(=O)NC3=O)C4=O)C[C@H](NC(=O)c3cc4cc(C(F)(F)P(=O)(O)O)ccc4[nH]3)C(=O)N21)C(=O)NC(c1ccccc1)c1ccccc1. The Bertz CT molecular complexity index is 3440. The number of aromatic amines is 1. The maximum Gasteiger partial charge on any atom is 0.399 e. The van der Waals surface area contributed by atoms with Crippen LogP contribution in [0.5, 0.6) is 0 Å². The van der Waals surface area contributed by atoms with E-state index in [-0.39, 0.29) is 93.0 Å². The molecule has 2 unspecified atom stereocenters. The molecule has 4 aromatic carbocycles. The second-order valence-corrected chi connectivity index (χ2v) is 22.5. The van der Waals surface area contributed by atoms with E-state index in [2.05, 4.69) is 43.4 Å². The van der Waals surface area contributed by atoms with Gasteiger partial charge in [-0.25, -0.2) is 4.79 Å². The van der Waals surface area contributed by atoms with Crippen molar-refractivity contribution < 1.29 is 66.3 Å². The van der Waals surface area contributed by atoms with E-state index in [0.29, 0.717) is 36.0 Å². The number of amides is 10. The third-order valence-electron chi connectivity index (χ3n) is 15.3. The van der Waals surface area contributed by atoms with Gasteiger partial charge in [0, 0.05) is 72.5 Å². The smallest absolute Gasteiger partial charge is 0.370 e. The molecule has 10 amide bonds. The van der Waals surface area contributed by atoms with Gasteiger partial charge in [0.25, 0.3) is 11.8 Å². The molecule has 5 heterocycles. The first-order valence-corrected chi connectivity index (χ1v) is 28.8. The van der Waals surface area contributed by atoms with Crippen molar-refractivity contribution >= 4 is 71.8 Å². The van der Waals surface area contributed by atoms with Crippen LogP contribution in [0.4, 0.5) is 13.6 Å². The number of nitrogens with two attached hydrogens (primary N) is 1. The van der Waals surface area contributed by atoms with Crippen molar-refractivity contribution in [1.29, 1.82) is 0 Å². The van der Waals surface area contributed by atoms with E-state index < -0.39 is 103 Å². The van der Waals surface area contributed by atoms with E-state index in [0.717, 1.165) is 35.4 Å². The quantitative estimate of drug-likeness (QED) is 0.0261. The Morgan fingerprint density at radius 2 is 1.58 bits per heavy atom. The third-order valence-corrected chi connectivity index (χ3v) is 16.3. The Morgan fingerprint density at radius 3 is 2.27 bits per heavy atom. The van der Waals surface area contributed by atoms with Gasteiger partial charge in [0.1, 0.15) is 29.9 Å². The zero-order valence-corrected chi connectivity index (χ0v) is 45.7. The Balaban J connectivity index is 0.888. The first kappa shape index (κ1) is 58.9. The molecule has 83 heavy (non-hydrogen) atoms. The summed E-state index contributed by atoms with van der Waals surface area (Å²) in [5, 5.41) is 13.6. The Kier molecular flexibility index (Phi) is 17.8. The van der Waals surface area contributed by atoms with Gasteiger partial charge >= 0.3 is 19.3 Å². The van der Waals surface area contributed by atoms with E-state index in [4.69, 9.17) is 5.73 Å². The molecule has 5 aromatic rings. The van der Waals surface area contributed by atoms with Crippen LogP contribution in [0.3, 0.4) is 0 Å². The van der Waals surface area contributed by atoms with Gasteiger partial charge in [-0.3, -0.25) is 48.2 Å². The molecule has 25 heteroatoms. The topological polar surface area (TPSA) is 323 Å². The maximum atomic E-state index is 15.0. The normalized spacial score (nSPS) is 19.4. The van der Waals surface area contributed by atoms with Crippen molar-refractivity contribution in [1.82, 2.24) is 46.3 Å². The summed E-state index contributed by atoms with van der Waals surface area (Å²) in [5.41, 5.74) is 3.12. The molecule has 0 aliphatic carbocycles. The molecule has 0 radical (unpaired) electrons. The van der Waals surface area contributed by atoms with Crippen LogP contribution >= 0.6 is 7.60 Å². The summed E-state index contributed by atoms with van der Waals surface area (Å²) in [6.07, 6.45) is 1.97. The molecule has 3 saturated heterocycles. The van der Waals surface area contributed by atoms with Crippen molar-refractivity contribution in [3.8, 4) is 11.8 Å². The number of benzene rings is 4. The number of alkyl halides is 2. The van der Waals surface area contributed by atoms with E-state index in [9.17, 15) is 61.5 Å². The number of primary amides is 1. The lowest BCUT2D eigenvalue weighted by molar-refractivity contribution is -0.143. The monoisotopic (exact) mass is 1160 g/mol. The van der Waals surface area contributed by atoms with Crippen molar-refractivity contribution in [3.63, 3.8) is 0 Å². The van der Waals surface area contributed by atoms with E-state index in [1.54, 1.807) is 18.2 Å². The second kappa shape index (κ2) is 25.2. The molecule has 434 valence electrons. The fraction of sp³-hybridized carbons (Fsp3) is 0.362. The highest BCUT2D eigenvalue weighted by atomic mass is 31.2. The van der Waals surface area contributed by atoms with Gasteiger partial charge in [-0.1, -0.05) is 84.6 Å². The van der Waals surface area contributed by atoms with Crippen LogP contribution in [0.1, 0.15) is 119 Å². The lowest BCUT2D eigenvalue weighted by atomic mass is 9.98. The van der Waals surface area contributed by atoms with Gasteiger partial charge in [0.15, 0.2) is 0 Å². The highest BCUT2D eigenvalue weighted by Crippen LogP contribution is 2.59. The summed E-state index contributed by atoms with van der Waals surface area (Å²) in [6.45, 7) is 0.0237. The molecule has 9 rings (SSSR count). The second-order valence-electron chi connectivity index (χ2n) is 20.9. The Hall–Kier alpha value is -8.78. The Morgan fingerprint density at radius 1 is 0.855 bits per heavy atom. The fourth-order valence-corrected chi connectivity index (χ4v) is 11.5. The predicted octanol–water partition coefficient (Wildman–Crippen LogP) is 3.91. The number of rotatable bonds is 18. The lowest BCUT2D eigenvalue weighted by Gasteiger charge is -2.39. The molecule has 4 aliphatic rings. The molecule has 3 fully saturated rings. The van der Waals surface area contributed by atoms with Crippen LogP contribution in [0.25, 0.3) is 10.9 Å². The summed E-state index contributed by atoms with van der Waals surface area (Å²) < 4.78 is 41.1. The minimum atomic E-state index is -5.94. The van der Waals surface area contributed by atoms with Crippen molar-refractivity contribution in [2.75, 3.05) is 19.6 Å². The number of carbonyl (C=O) groups excluding carboxylic acids is 9. The number of imide groups is 1. The highest BCUT2D eigenvalue weighted by Gasteiger charge is 2.51. The van der Waals surface area contributed by atoms with Gasteiger partial charge in [-0.05, 0) is 92.0 Å². The molecule has 10 N–H and O–H groups in total. The third kappa shape index (κ3) is 13.3. The zero-order valence-electron chi connectivity index (χ0n) is 44.8. The molecule has 0 saturated carbocycles. The molecule has 5 atom stereocenters. The number of carbonyl (C=O) groups is 9. The first-order valence-electron chi connectivity index (χ1n) is 27.2. The van der Waals surface area contributed by atoms with Crippen molar-refractivity contribution in [3.05, 3.63) is 142 Å². The number of aromatic nitrogens is 1. The number of fused-ring (bicyclic) bond motifs is 3. The molecular weight excluding hydrogens is 1100 g/mol. The van der Waals surface area contributed by atoms with Crippen LogP contribution in [0, 0.1) is 11.8 Å². The summed E-state index contributed by atoms with van der Waals surface area (Å²) in [7, 11) is -5.94. The van der Waals surface area contributed by atoms with Crippen LogP contribution in [0.15, 0.2) is 103 Å². The van der Waals surface area contributed by atoms with Crippen LogP contribution in [0.2, 0.25) is 0 Å². The average molecular weight is 1160 g/mol. The predicted molar refractivity (Wildman–Crippen MR) is 295 cm³/mol. The number of hydrogen-bond donors (Lipinski definition) is 9. The van der Waals surface area contributed by atoms with Gasteiger partial charge in [0.05, 0.1) is 12.6 Å². The first-order chi connectivity index (χ1) is 39.7. The number of hydrogen-bond acceptors (Lipinski definition) is 10. The minimum absolute atomic E-state index is 0.0136. The van der Waals surface area contributed by atoms with Crippen molar-refractivity contribution in [2.24, 2.45) is 5.73 Å². The molecule has 1 aromatic heterocycles. The average Bonchev–Trinajstić information content (AvgIpc) is 4.43. The molecule has 4 aliphatic heterocycles. The largest absolute Gasteiger partial charge is 0.399 e. The number of urea groups is 1. The van der Waals surface area contributed by atoms with E-state index in [1.165, 1.54) is 14.7 Å². The molecule has 0 spiro atoms. The number of nitrogens with zero attached hydrogens (tertiary/aromatic N) is 3. The summed E-state index contributed by atoms with van der Waals surface area (Å²) in [4.78, 5) is 147. The van der Waals surface area contributed by atoms with Gasteiger partial charge in [-0.2, -0.15) is 8.78 Å². The van der Waals surface area contributed by atoms with Crippen LogP contribution in [-0.4, -0.2) is 133 Å². The number of piperidine rings is 1. The van der Waals surface area contributed by atoms with Crippen LogP contribution < -0.4 is 32.3 Å². The Labute approximate surface area is 474 Å². The number of unbranched alkanes of at least 4 members (excludes halogenated alkanes) is 2. The molecular formula is C58H61F2N10O12P. The lowest BCUT2D eigenvalue weighted by Crippen LogP contribution is -2.62. The summed E-state index contributed by atoms with van der Waals surface area (Å²) in [6, 6.07) is 20.7. The number of halogens is 2.